The van der Waals surface area contributed by atoms with Gasteiger partial charge in [0.1, 0.15) is 6.61 Å². The maximum Gasteiger partial charge on any atom is 0.243 e. The molecule has 1 aromatic heterocycles. The highest BCUT2D eigenvalue weighted by Gasteiger charge is 2.36. The van der Waals surface area contributed by atoms with E-state index in [0.717, 1.165) is 11.4 Å². The first-order chi connectivity index (χ1) is 10.9. The van der Waals surface area contributed by atoms with Crippen molar-refractivity contribution in [3.63, 3.8) is 0 Å². The summed E-state index contributed by atoms with van der Waals surface area (Å²) >= 11 is 0. The summed E-state index contributed by atoms with van der Waals surface area (Å²) < 4.78 is 34.4. The summed E-state index contributed by atoms with van der Waals surface area (Å²) in [6.45, 7) is 5.00. The van der Waals surface area contributed by atoms with Crippen molar-refractivity contribution in [3.8, 4) is 0 Å². The molecule has 1 atom stereocenters. The summed E-state index contributed by atoms with van der Waals surface area (Å²) in [6.07, 6.45) is 0. The molecule has 0 N–H and O–H groups in total. The van der Waals surface area contributed by atoms with Crippen LogP contribution >= 0.6 is 0 Å². The van der Waals surface area contributed by atoms with Crippen LogP contribution in [0.15, 0.2) is 29.2 Å². The average Bonchev–Trinajstić information content (AvgIpc) is 2.92. The van der Waals surface area contributed by atoms with Crippen LogP contribution in [0.3, 0.4) is 0 Å². The molecule has 23 heavy (non-hydrogen) atoms. The minimum Gasteiger partial charge on any atom is -0.377 e. The highest BCUT2D eigenvalue weighted by molar-refractivity contribution is 7.89. The van der Waals surface area contributed by atoms with E-state index < -0.39 is 10.0 Å². The van der Waals surface area contributed by atoms with Crippen molar-refractivity contribution < 1.29 is 13.2 Å². The molecular weight excluding hydrogens is 316 g/mol. The monoisotopic (exact) mass is 336 g/mol. The summed E-state index contributed by atoms with van der Waals surface area (Å²) in [5, 5.41) is 8.27. The largest absolute Gasteiger partial charge is 0.377 e. The van der Waals surface area contributed by atoms with E-state index in [2.05, 4.69) is 10.2 Å². The van der Waals surface area contributed by atoms with Crippen LogP contribution in [0.4, 0.5) is 0 Å². The third-order valence-corrected chi connectivity index (χ3v) is 6.04. The zero-order chi connectivity index (χ0) is 16.6. The number of aryl methyl sites for hydroxylation is 1. The first-order valence-electron chi connectivity index (χ1n) is 7.44. The molecule has 124 valence electrons. The number of rotatable bonds is 4. The molecule has 1 aliphatic rings. The summed E-state index contributed by atoms with van der Waals surface area (Å²) in [5.41, 5.74) is 0.918. The zero-order valence-corrected chi connectivity index (χ0v) is 14.2. The quantitative estimate of drug-likeness (QED) is 0.845. The minimum atomic E-state index is -3.56. The molecule has 1 aliphatic heterocycles. The fraction of sp³-hybridized carbons (Fsp3) is 0.467. The van der Waals surface area contributed by atoms with Gasteiger partial charge in [-0.25, -0.2) is 8.42 Å². The number of aromatic nitrogens is 3. The first-order valence-corrected chi connectivity index (χ1v) is 8.88. The van der Waals surface area contributed by atoms with Crippen molar-refractivity contribution in [2.75, 3.05) is 13.7 Å². The molecule has 8 heteroatoms. The Labute approximate surface area is 135 Å². The van der Waals surface area contributed by atoms with Crippen molar-refractivity contribution in [1.82, 2.24) is 19.1 Å². The van der Waals surface area contributed by atoms with Gasteiger partial charge in [0.15, 0.2) is 11.6 Å². The molecule has 2 heterocycles. The lowest BCUT2D eigenvalue weighted by Crippen LogP contribution is -2.41. The summed E-state index contributed by atoms with van der Waals surface area (Å²) in [6, 6.07) is 6.59. The first kappa shape index (κ1) is 16.1. The Morgan fingerprint density at radius 3 is 2.78 bits per heavy atom. The number of ether oxygens (including phenoxy) is 1. The Morgan fingerprint density at radius 2 is 2.09 bits per heavy atom. The number of benzene rings is 1. The number of hydrogen-bond donors (Lipinski definition) is 0. The molecule has 3 rings (SSSR count). The smallest absolute Gasteiger partial charge is 0.243 e. The second-order valence-corrected chi connectivity index (χ2v) is 7.56. The van der Waals surface area contributed by atoms with Crippen molar-refractivity contribution in [3.05, 3.63) is 41.5 Å². The predicted octanol–water partition coefficient (Wildman–Crippen LogP) is 1.50. The zero-order valence-electron chi connectivity index (χ0n) is 13.4. The van der Waals surface area contributed by atoms with Crippen LogP contribution in [0, 0.1) is 6.92 Å². The summed E-state index contributed by atoms with van der Waals surface area (Å²) in [4.78, 5) is 0.314. The van der Waals surface area contributed by atoms with Gasteiger partial charge in [-0.1, -0.05) is 12.1 Å². The second-order valence-electron chi connectivity index (χ2n) is 5.67. The molecule has 0 radical (unpaired) electrons. The van der Waals surface area contributed by atoms with E-state index in [4.69, 9.17) is 4.74 Å². The summed E-state index contributed by atoms with van der Waals surface area (Å²) in [7, 11) is -1.96. The number of nitrogens with zero attached hydrogens (tertiary/aromatic N) is 4. The third kappa shape index (κ3) is 2.77. The number of hydrogen-bond acceptors (Lipinski definition) is 5. The van der Waals surface area contributed by atoms with Crippen LogP contribution in [-0.2, 0) is 27.9 Å². The van der Waals surface area contributed by atoms with Crippen LogP contribution in [0.25, 0.3) is 0 Å². The SMILES string of the molecule is COCc1nnc2n1CCN(S(=O)(=O)c1cccc(C)c1)[C@H]2C. The predicted molar refractivity (Wildman–Crippen MR) is 84.2 cm³/mol. The van der Waals surface area contributed by atoms with Gasteiger partial charge in [-0.3, -0.25) is 0 Å². The van der Waals surface area contributed by atoms with Gasteiger partial charge in [-0.15, -0.1) is 10.2 Å². The van der Waals surface area contributed by atoms with Crippen LogP contribution in [0.2, 0.25) is 0 Å². The van der Waals surface area contributed by atoms with Crippen molar-refractivity contribution >= 4 is 10.0 Å². The molecule has 0 saturated heterocycles. The van der Waals surface area contributed by atoms with Gasteiger partial charge in [0, 0.05) is 20.2 Å². The van der Waals surface area contributed by atoms with Crippen molar-refractivity contribution in [2.45, 2.75) is 37.9 Å². The third-order valence-electron chi connectivity index (χ3n) is 4.08. The molecule has 0 amide bonds. The molecule has 0 aliphatic carbocycles. The van der Waals surface area contributed by atoms with E-state index >= 15 is 0 Å². The van der Waals surface area contributed by atoms with Crippen molar-refractivity contribution in [2.24, 2.45) is 0 Å². The Kier molecular flexibility index (Phi) is 4.22. The van der Waals surface area contributed by atoms with Crippen LogP contribution in [0.1, 0.15) is 30.2 Å². The number of methoxy groups -OCH3 is 1. The van der Waals surface area contributed by atoms with Crippen molar-refractivity contribution in [1.29, 1.82) is 0 Å². The van der Waals surface area contributed by atoms with E-state index in [1.807, 2.05) is 24.5 Å². The maximum absolute atomic E-state index is 12.9. The Morgan fingerprint density at radius 1 is 1.30 bits per heavy atom. The second kappa shape index (κ2) is 6.03. The van der Waals surface area contributed by atoms with Gasteiger partial charge in [0.2, 0.25) is 10.0 Å². The fourth-order valence-corrected chi connectivity index (χ4v) is 4.59. The minimum absolute atomic E-state index is 0.314. The van der Waals surface area contributed by atoms with Crippen LogP contribution < -0.4 is 0 Å². The van der Waals surface area contributed by atoms with Gasteiger partial charge in [-0.05, 0) is 31.5 Å². The van der Waals surface area contributed by atoms with E-state index in [9.17, 15) is 8.42 Å². The maximum atomic E-state index is 12.9. The fourth-order valence-electron chi connectivity index (χ4n) is 2.90. The van der Waals surface area contributed by atoms with E-state index in [1.54, 1.807) is 25.3 Å². The molecule has 0 saturated carbocycles. The van der Waals surface area contributed by atoms with Gasteiger partial charge in [-0.2, -0.15) is 4.31 Å². The lowest BCUT2D eigenvalue weighted by atomic mass is 10.2. The molecule has 7 nitrogen and oxygen atoms in total. The Bertz CT molecular complexity index is 816. The van der Waals surface area contributed by atoms with Crippen LogP contribution in [0.5, 0.6) is 0 Å². The van der Waals surface area contributed by atoms with Gasteiger partial charge in [0.25, 0.3) is 0 Å². The number of fused-ring (bicyclic) bond motifs is 1. The lowest BCUT2D eigenvalue weighted by Gasteiger charge is -2.32. The standard InChI is InChI=1S/C15H20N4O3S/c1-11-5-4-6-13(9-11)23(20,21)19-8-7-18-14(10-22-3)16-17-15(18)12(19)2/h4-6,9,12H,7-8,10H2,1-3H3/t12-/m0/s1. The topological polar surface area (TPSA) is 77.3 Å². The molecule has 0 fully saturated rings. The molecular formula is C15H20N4O3S. The van der Waals surface area contributed by atoms with Crippen LogP contribution in [-0.4, -0.2) is 41.1 Å². The van der Waals surface area contributed by atoms with E-state index in [-0.39, 0.29) is 6.04 Å². The Balaban J connectivity index is 1.96. The highest BCUT2D eigenvalue weighted by atomic mass is 32.2. The average molecular weight is 336 g/mol. The summed E-state index contributed by atoms with van der Waals surface area (Å²) in [5.74, 6) is 1.38. The van der Waals surface area contributed by atoms with Gasteiger partial charge < -0.3 is 9.30 Å². The van der Waals surface area contributed by atoms with Gasteiger partial charge >= 0.3 is 0 Å². The molecule has 2 aromatic rings. The normalized spacial score (nSPS) is 18.8. The van der Waals surface area contributed by atoms with Gasteiger partial charge in [0.05, 0.1) is 10.9 Å². The van der Waals surface area contributed by atoms with E-state index in [1.165, 1.54) is 4.31 Å². The lowest BCUT2D eigenvalue weighted by molar-refractivity contribution is 0.170. The molecule has 0 bridgehead atoms. The molecule has 0 spiro atoms. The molecule has 1 aromatic carbocycles. The molecule has 0 unspecified atom stereocenters. The number of sulfonamides is 1. The Hall–Kier alpha value is -1.77. The van der Waals surface area contributed by atoms with E-state index in [0.29, 0.717) is 30.4 Å². The highest BCUT2D eigenvalue weighted by Crippen LogP contribution is 2.30.